The number of hydrogen-bond acceptors (Lipinski definition) is 2. The molecule has 2 heteroatoms. The molecule has 18 heavy (non-hydrogen) atoms. The average molecular weight is 248 g/mol. The summed E-state index contributed by atoms with van der Waals surface area (Å²) in [7, 11) is 0. The molecule has 0 aliphatic rings. The van der Waals surface area contributed by atoms with Crippen LogP contribution in [0.5, 0.6) is 0 Å². The molecular weight excluding hydrogens is 220 g/mol. The van der Waals surface area contributed by atoms with Crippen molar-refractivity contribution in [2.24, 2.45) is 16.9 Å². The molecular formula is C16H28N2. The van der Waals surface area contributed by atoms with E-state index in [-0.39, 0.29) is 11.5 Å². The van der Waals surface area contributed by atoms with Gasteiger partial charge in [-0.15, -0.1) is 0 Å². The van der Waals surface area contributed by atoms with Crippen molar-refractivity contribution < 1.29 is 0 Å². The van der Waals surface area contributed by atoms with Gasteiger partial charge in [0.15, 0.2) is 0 Å². The van der Waals surface area contributed by atoms with Crippen molar-refractivity contribution in [2.75, 3.05) is 6.54 Å². The van der Waals surface area contributed by atoms with Crippen LogP contribution in [0.1, 0.15) is 62.8 Å². The van der Waals surface area contributed by atoms with Crippen molar-refractivity contribution in [2.45, 2.75) is 53.0 Å². The van der Waals surface area contributed by atoms with Gasteiger partial charge in [-0.25, -0.2) is 0 Å². The Morgan fingerprint density at radius 2 is 1.83 bits per heavy atom. The standard InChI is InChI=1S/C16H28N2/c1-11(2)13-7-6-12(3)14(8-13)15(18)9-16(4,5)10-17/h6-8,11,15H,9-10,17-18H2,1-5H3. The van der Waals surface area contributed by atoms with Crippen LogP contribution in [-0.4, -0.2) is 6.54 Å². The second-order valence-corrected chi connectivity index (χ2v) is 6.45. The summed E-state index contributed by atoms with van der Waals surface area (Å²) in [5, 5.41) is 0. The largest absolute Gasteiger partial charge is 0.330 e. The lowest BCUT2D eigenvalue weighted by atomic mass is 9.82. The van der Waals surface area contributed by atoms with E-state index >= 15 is 0 Å². The van der Waals surface area contributed by atoms with Crippen molar-refractivity contribution in [3.8, 4) is 0 Å². The van der Waals surface area contributed by atoms with E-state index in [1.165, 1.54) is 16.7 Å². The van der Waals surface area contributed by atoms with Crippen LogP contribution in [0.3, 0.4) is 0 Å². The zero-order valence-corrected chi connectivity index (χ0v) is 12.5. The Kier molecular flexibility index (Phi) is 4.94. The summed E-state index contributed by atoms with van der Waals surface area (Å²) in [5.74, 6) is 0.541. The molecule has 0 aliphatic carbocycles. The van der Waals surface area contributed by atoms with Gasteiger partial charge in [0.25, 0.3) is 0 Å². The van der Waals surface area contributed by atoms with Crippen LogP contribution in [0.25, 0.3) is 0 Å². The quantitative estimate of drug-likeness (QED) is 0.838. The highest BCUT2D eigenvalue weighted by Crippen LogP contribution is 2.30. The second-order valence-electron chi connectivity index (χ2n) is 6.45. The summed E-state index contributed by atoms with van der Waals surface area (Å²) in [4.78, 5) is 0. The number of benzene rings is 1. The highest BCUT2D eigenvalue weighted by molar-refractivity contribution is 5.34. The van der Waals surface area contributed by atoms with E-state index < -0.39 is 0 Å². The molecule has 1 atom stereocenters. The first-order valence-corrected chi connectivity index (χ1v) is 6.83. The average Bonchev–Trinajstić information content (AvgIpc) is 2.28. The van der Waals surface area contributed by atoms with Crippen molar-refractivity contribution in [3.05, 3.63) is 34.9 Å². The van der Waals surface area contributed by atoms with Crippen LogP contribution in [0.2, 0.25) is 0 Å². The van der Waals surface area contributed by atoms with Crippen LogP contribution >= 0.6 is 0 Å². The summed E-state index contributed by atoms with van der Waals surface area (Å²) in [5.41, 5.74) is 16.2. The van der Waals surface area contributed by atoms with Gasteiger partial charge in [0.05, 0.1) is 0 Å². The molecule has 0 heterocycles. The zero-order chi connectivity index (χ0) is 13.9. The second kappa shape index (κ2) is 5.85. The lowest BCUT2D eigenvalue weighted by molar-refractivity contribution is 0.317. The van der Waals surface area contributed by atoms with Crippen molar-refractivity contribution in [1.82, 2.24) is 0 Å². The first-order chi connectivity index (χ1) is 8.26. The zero-order valence-electron chi connectivity index (χ0n) is 12.5. The molecule has 4 N–H and O–H groups in total. The van der Waals surface area contributed by atoms with Crippen molar-refractivity contribution >= 4 is 0 Å². The Morgan fingerprint density at radius 3 is 2.33 bits per heavy atom. The highest BCUT2D eigenvalue weighted by Gasteiger charge is 2.21. The number of hydrogen-bond donors (Lipinski definition) is 2. The minimum absolute atomic E-state index is 0.0715. The van der Waals surface area contributed by atoms with Gasteiger partial charge in [-0.05, 0) is 47.9 Å². The van der Waals surface area contributed by atoms with E-state index in [0.717, 1.165) is 6.42 Å². The maximum Gasteiger partial charge on any atom is 0.0303 e. The van der Waals surface area contributed by atoms with Crippen LogP contribution in [0.4, 0.5) is 0 Å². The molecule has 102 valence electrons. The highest BCUT2D eigenvalue weighted by atomic mass is 14.7. The molecule has 1 rings (SSSR count). The monoisotopic (exact) mass is 248 g/mol. The lowest BCUT2D eigenvalue weighted by Gasteiger charge is -2.27. The number of aryl methyl sites for hydroxylation is 1. The first kappa shape index (κ1) is 15.2. The van der Waals surface area contributed by atoms with E-state index in [1.54, 1.807) is 0 Å². The Labute approximate surface area is 112 Å². The Hall–Kier alpha value is -0.860. The van der Waals surface area contributed by atoms with Crippen LogP contribution < -0.4 is 11.5 Å². The normalized spacial score (nSPS) is 14.0. The number of rotatable bonds is 5. The van der Waals surface area contributed by atoms with Crippen molar-refractivity contribution in [3.63, 3.8) is 0 Å². The molecule has 0 saturated heterocycles. The van der Waals surface area contributed by atoms with Gasteiger partial charge in [-0.2, -0.15) is 0 Å². The summed E-state index contributed by atoms with van der Waals surface area (Å²) in [6.45, 7) is 11.6. The molecule has 0 aromatic heterocycles. The molecule has 0 spiro atoms. The summed E-state index contributed by atoms with van der Waals surface area (Å²) >= 11 is 0. The van der Waals surface area contributed by atoms with Crippen molar-refractivity contribution in [1.29, 1.82) is 0 Å². The third-order valence-electron chi connectivity index (χ3n) is 3.69. The summed E-state index contributed by atoms with van der Waals surface area (Å²) < 4.78 is 0. The summed E-state index contributed by atoms with van der Waals surface area (Å²) in [6, 6.07) is 6.71. The van der Waals surface area contributed by atoms with Crippen LogP contribution in [0.15, 0.2) is 18.2 Å². The van der Waals surface area contributed by atoms with E-state index in [1.807, 2.05) is 0 Å². The van der Waals surface area contributed by atoms with Gasteiger partial charge >= 0.3 is 0 Å². The third-order valence-corrected chi connectivity index (χ3v) is 3.69. The molecule has 0 amide bonds. The van der Waals surface area contributed by atoms with E-state index in [4.69, 9.17) is 11.5 Å². The Balaban J connectivity index is 2.97. The van der Waals surface area contributed by atoms with E-state index in [9.17, 15) is 0 Å². The molecule has 0 bridgehead atoms. The molecule has 0 aliphatic heterocycles. The molecule has 1 aromatic rings. The minimum atomic E-state index is 0.0715. The minimum Gasteiger partial charge on any atom is -0.330 e. The van der Waals surface area contributed by atoms with Gasteiger partial charge in [-0.3, -0.25) is 0 Å². The first-order valence-electron chi connectivity index (χ1n) is 6.83. The lowest BCUT2D eigenvalue weighted by Crippen LogP contribution is -2.29. The molecule has 1 aromatic carbocycles. The molecule has 0 fully saturated rings. The van der Waals surface area contributed by atoms with Gasteiger partial charge in [0.2, 0.25) is 0 Å². The smallest absolute Gasteiger partial charge is 0.0303 e. The Bertz CT molecular complexity index is 394. The van der Waals surface area contributed by atoms with Crippen LogP contribution in [0, 0.1) is 12.3 Å². The fraction of sp³-hybridized carbons (Fsp3) is 0.625. The van der Waals surface area contributed by atoms with E-state index in [2.05, 4.69) is 52.8 Å². The third kappa shape index (κ3) is 3.82. The van der Waals surface area contributed by atoms with Gasteiger partial charge in [-0.1, -0.05) is 45.9 Å². The van der Waals surface area contributed by atoms with Crippen LogP contribution in [-0.2, 0) is 0 Å². The summed E-state index contributed by atoms with van der Waals surface area (Å²) in [6.07, 6.45) is 0.923. The van der Waals surface area contributed by atoms with E-state index in [0.29, 0.717) is 12.5 Å². The SMILES string of the molecule is Cc1ccc(C(C)C)cc1C(N)CC(C)(C)CN. The fourth-order valence-electron chi connectivity index (χ4n) is 2.21. The molecule has 0 saturated carbocycles. The van der Waals surface area contributed by atoms with Gasteiger partial charge < -0.3 is 11.5 Å². The predicted molar refractivity (Wildman–Crippen MR) is 79.6 cm³/mol. The molecule has 0 radical (unpaired) electrons. The number of nitrogens with two attached hydrogens (primary N) is 2. The van der Waals surface area contributed by atoms with Gasteiger partial charge in [0, 0.05) is 6.04 Å². The predicted octanol–water partition coefficient (Wildman–Crippen LogP) is 3.49. The molecule has 2 nitrogen and oxygen atoms in total. The molecule has 1 unspecified atom stereocenters. The topological polar surface area (TPSA) is 52.0 Å². The maximum absolute atomic E-state index is 6.37. The maximum atomic E-state index is 6.37. The fourth-order valence-corrected chi connectivity index (χ4v) is 2.21. The Morgan fingerprint density at radius 1 is 1.22 bits per heavy atom. The van der Waals surface area contributed by atoms with Gasteiger partial charge in [0.1, 0.15) is 0 Å².